The van der Waals surface area contributed by atoms with Gasteiger partial charge in [-0.1, -0.05) is 80.8 Å². The first-order valence-corrected chi connectivity index (χ1v) is 18.2. The van der Waals surface area contributed by atoms with Gasteiger partial charge in [0.15, 0.2) is 0 Å². The van der Waals surface area contributed by atoms with E-state index in [-0.39, 0.29) is 11.7 Å². The molecular weight excluding hydrogens is 692 g/mol. The van der Waals surface area contributed by atoms with Crippen LogP contribution >= 0.6 is 77.4 Å². The van der Waals surface area contributed by atoms with Crippen molar-refractivity contribution in [1.82, 2.24) is 0 Å². The number of benzene rings is 3. The second kappa shape index (κ2) is 11.7. The second-order valence-electron chi connectivity index (χ2n) is 11.8. The lowest BCUT2D eigenvalue weighted by atomic mass is 9.64. The van der Waals surface area contributed by atoms with Crippen LogP contribution in [0.2, 0.25) is 30.1 Å². The molecule has 43 heavy (non-hydrogen) atoms. The first-order valence-electron chi connectivity index (χ1n) is 14.4. The number of phosphoric ester groups is 1. The SMILES string of the molecule is O=P1(O)Oc2c(-c3c(Cl)cc(Cl)cc3Cl)cc3c(c2[C@@H]2C4=C(CCCC4)C[C@H](c4c(Cl)cc(Cl)cc4Cl)C2O1)CCCC3. The van der Waals surface area contributed by atoms with Crippen molar-refractivity contribution < 1.29 is 18.5 Å². The minimum Gasteiger partial charge on any atom is -0.403 e. The van der Waals surface area contributed by atoms with Crippen LogP contribution in [0.5, 0.6) is 5.75 Å². The van der Waals surface area contributed by atoms with Crippen molar-refractivity contribution in [3.8, 4) is 16.9 Å². The lowest BCUT2D eigenvalue weighted by Crippen LogP contribution is -2.35. The predicted molar refractivity (Wildman–Crippen MR) is 176 cm³/mol. The molecule has 0 aromatic heterocycles. The molecule has 3 aliphatic carbocycles. The van der Waals surface area contributed by atoms with E-state index in [1.807, 2.05) is 6.07 Å². The van der Waals surface area contributed by atoms with Gasteiger partial charge in [-0.25, -0.2) is 4.57 Å². The van der Waals surface area contributed by atoms with Crippen LogP contribution in [0.15, 0.2) is 41.5 Å². The number of fused-ring (bicyclic) bond motifs is 6. The molecule has 2 unspecified atom stereocenters. The number of phosphoric acid groups is 1. The Morgan fingerprint density at radius 3 is 2.05 bits per heavy atom. The predicted octanol–water partition coefficient (Wildman–Crippen LogP) is 12.2. The monoisotopic (exact) mass is 716 g/mol. The standard InChI is InChI=1S/C32H27Cl6O4P/c33-17-11-23(35)27(24(36)12-17)21-9-15-5-1-3-7-19(15)29-30-20-8-4-2-6-16(20)10-22(28-25(37)13-18(34)14-26(28)38)32(30)42-43(39,40)41-31(21)29/h9,11-14,22,30,32H,1-8,10H2,(H,39,40)/t22-,30+,32?/m1/s1. The fourth-order valence-electron chi connectivity index (χ4n) is 7.68. The van der Waals surface area contributed by atoms with E-state index in [4.69, 9.17) is 78.7 Å². The van der Waals surface area contributed by atoms with Gasteiger partial charge in [-0.2, -0.15) is 0 Å². The summed E-state index contributed by atoms with van der Waals surface area (Å²) in [6.45, 7) is 0. The summed E-state index contributed by atoms with van der Waals surface area (Å²) in [6.07, 6.45) is 7.46. The molecule has 0 saturated carbocycles. The zero-order chi connectivity index (χ0) is 30.2. The summed E-state index contributed by atoms with van der Waals surface area (Å²) >= 11 is 39.7. The molecule has 0 spiro atoms. The molecule has 4 nitrogen and oxygen atoms in total. The fraction of sp³-hybridized carbons (Fsp3) is 0.375. The molecule has 0 saturated heterocycles. The third-order valence-corrected chi connectivity index (χ3v) is 11.9. The lowest BCUT2D eigenvalue weighted by Gasteiger charge is -2.43. The van der Waals surface area contributed by atoms with Crippen molar-refractivity contribution in [3.63, 3.8) is 0 Å². The molecular formula is C32H27Cl6O4P. The molecule has 4 aliphatic rings. The summed E-state index contributed by atoms with van der Waals surface area (Å²) in [5.41, 5.74) is 7.47. The van der Waals surface area contributed by atoms with Crippen molar-refractivity contribution in [3.05, 3.63) is 93.9 Å². The number of hydrogen-bond acceptors (Lipinski definition) is 3. The summed E-state index contributed by atoms with van der Waals surface area (Å²) in [7, 11) is -4.67. The van der Waals surface area contributed by atoms with Gasteiger partial charge in [0.1, 0.15) is 5.75 Å². The van der Waals surface area contributed by atoms with E-state index in [2.05, 4.69) is 0 Å². The first kappa shape index (κ1) is 30.7. The molecule has 7 rings (SSSR count). The van der Waals surface area contributed by atoms with E-state index in [0.29, 0.717) is 53.2 Å². The Morgan fingerprint density at radius 1 is 0.744 bits per heavy atom. The number of aryl methyl sites for hydroxylation is 1. The number of hydrogen-bond donors (Lipinski definition) is 1. The van der Waals surface area contributed by atoms with E-state index >= 15 is 0 Å². The summed E-state index contributed by atoms with van der Waals surface area (Å²) in [5, 5.41) is 2.27. The summed E-state index contributed by atoms with van der Waals surface area (Å²) in [5.74, 6) is -0.470. The number of allylic oxidation sites excluding steroid dienone is 1. The quantitative estimate of drug-likeness (QED) is 0.212. The summed E-state index contributed by atoms with van der Waals surface area (Å²) < 4.78 is 26.2. The van der Waals surface area contributed by atoms with Gasteiger partial charge in [0.05, 0.1) is 16.1 Å². The van der Waals surface area contributed by atoms with Gasteiger partial charge in [-0.15, -0.1) is 0 Å². The average molecular weight is 719 g/mol. The van der Waals surface area contributed by atoms with Crippen molar-refractivity contribution in [2.45, 2.75) is 75.7 Å². The second-order valence-corrected chi connectivity index (χ2v) is 15.6. The Labute approximate surface area is 280 Å². The van der Waals surface area contributed by atoms with Crippen LogP contribution in [-0.4, -0.2) is 11.0 Å². The van der Waals surface area contributed by atoms with Crippen molar-refractivity contribution in [2.24, 2.45) is 0 Å². The van der Waals surface area contributed by atoms with Crippen LogP contribution in [0.3, 0.4) is 0 Å². The average Bonchev–Trinajstić information content (AvgIpc) is 3.05. The molecule has 226 valence electrons. The van der Waals surface area contributed by atoms with E-state index in [1.165, 1.54) is 11.1 Å². The largest absolute Gasteiger partial charge is 0.527 e. The van der Waals surface area contributed by atoms with Gasteiger partial charge in [0.25, 0.3) is 0 Å². The third-order valence-electron chi connectivity index (χ3n) is 9.30. The lowest BCUT2D eigenvalue weighted by molar-refractivity contribution is 0.103. The molecule has 3 aromatic rings. The Morgan fingerprint density at radius 2 is 1.35 bits per heavy atom. The van der Waals surface area contributed by atoms with Gasteiger partial charge in [0.2, 0.25) is 0 Å². The van der Waals surface area contributed by atoms with Gasteiger partial charge in [-0.05, 0) is 105 Å². The number of rotatable bonds is 2. The van der Waals surface area contributed by atoms with E-state index in [9.17, 15) is 9.46 Å². The molecule has 11 heteroatoms. The van der Waals surface area contributed by atoms with Crippen LogP contribution in [0.4, 0.5) is 0 Å². The normalized spacial score (nSPS) is 26.5. The highest BCUT2D eigenvalue weighted by Crippen LogP contribution is 2.64. The van der Waals surface area contributed by atoms with Crippen LogP contribution in [0.25, 0.3) is 11.1 Å². The molecule has 1 heterocycles. The highest BCUT2D eigenvalue weighted by molar-refractivity contribution is 7.47. The van der Waals surface area contributed by atoms with Crippen molar-refractivity contribution in [1.29, 1.82) is 0 Å². The van der Waals surface area contributed by atoms with Gasteiger partial charge in [0, 0.05) is 48.6 Å². The van der Waals surface area contributed by atoms with Gasteiger partial charge >= 0.3 is 7.82 Å². The molecule has 3 aromatic carbocycles. The van der Waals surface area contributed by atoms with Crippen molar-refractivity contribution in [2.75, 3.05) is 0 Å². The Kier molecular flexibility index (Phi) is 8.37. The molecule has 4 atom stereocenters. The number of halogens is 6. The third kappa shape index (κ3) is 5.47. The first-order chi connectivity index (χ1) is 20.5. The van der Waals surface area contributed by atoms with Crippen LogP contribution in [0.1, 0.15) is 79.0 Å². The Bertz CT molecular complexity index is 1710. The highest BCUT2D eigenvalue weighted by atomic mass is 35.5. The topological polar surface area (TPSA) is 55.8 Å². The molecule has 0 fully saturated rings. The van der Waals surface area contributed by atoms with Crippen molar-refractivity contribution >= 4 is 77.4 Å². The zero-order valence-electron chi connectivity index (χ0n) is 22.9. The molecule has 1 aliphatic heterocycles. The summed E-state index contributed by atoms with van der Waals surface area (Å²) in [4.78, 5) is 11.4. The molecule has 1 N–H and O–H groups in total. The highest BCUT2D eigenvalue weighted by Gasteiger charge is 2.51. The fourth-order valence-corrected chi connectivity index (χ4v) is 10.8. The Balaban J connectivity index is 1.56. The maximum Gasteiger partial charge on any atom is 0.527 e. The summed E-state index contributed by atoms with van der Waals surface area (Å²) in [6, 6.07) is 8.57. The molecule has 0 amide bonds. The minimum atomic E-state index is -4.67. The molecule has 0 radical (unpaired) electrons. The smallest absolute Gasteiger partial charge is 0.403 e. The van der Waals surface area contributed by atoms with Crippen LogP contribution < -0.4 is 4.52 Å². The van der Waals surface area contributed by atoms with Gasteiger partial charge in [-0.3, -0.25) is 9.42 Å². The zero-order valence-corrected chi connectivity index (χ0v) is 28.3. The Hall–Kier alpha value is -0.910. The minimum absolute atomic E-state index is 0.288. The van der Waals surface area contributed by atoms with Crippen LogP contribution in [-0.2, 0) is 21.9 Å². The molecule has 0 bridgehead atoms. The van der Waals surface area contributed by atoms with E-state index in [1.54, 1.807) is 24.3 Å². The van der Waals surface area contributed by atoms with E-state index < -0.39 is 19.8 Å². The maximum atomic E-state index is 13.9. The van der Waals surface area contributed by atoms with Gasteiger partial charge < -0.3 is 4.52 Å². The van der Waals surface area contributed by atoms with Crippen LogP contribution in [0, 0.1) is 0 Å². The maximum absolute atomic E-state index is 13.9. The van der Waals surface area contributed by atoms with E-state index in [0.717, 1.165) is 68.1 Å².